The van der Waals surface area contributed by atoms with Gasteiger partial charge in [-0.3, -0.25) is 9.59 Å². The molecular weight excluding hydrogens is 358 g/mol. The van der Waals surface area contributed by atoms with Gasteiger partial charge in [-0.2, -0.15) is 0 Å². The third-order valence-corrected chi connectivity index (χ3v) is 7.40. The Morgan fingerprint density at radius 2 is 1.87 bits per heavy atom. The molecule has 1 amide bonds. The van der Waals surface area contributed by atoms with Gasteiger partial charge in [-0.15, -0.1) is 0 Å². The first kappa shape index (κ1) is 15.9. The number of rotatable bonds is 5. The molecule has 5 aliphatic carbocycles. The van der Waals surface area contributed by atoms with Gasteiger partial charge in [-0.25, -0.2) is 0 Å². The maximum atomic E-state index is 12.8. The maximum Gasteiger partial charge on any atom is 0.312 e. The monoisotopic (exact) mass is 383 g/mol. The van der Waals surface area contributed by atoms with Crippen LogP contribution in [0, 0.1) is 23.2 Å². The molecule has 5 rings (SSSR count). The van der Waals surface area contributed by atoms with Crippen LogP contribution in [0.25, 0.3) is 0 Å². The zero-order valence-electron chi connectivity index (χ0n) is 13.8. The number of carbonyl (C=O) groups is 2. The molecule has 0 saturated heterocycles. The minimum absolute atomic E-state index is 0.123. The minimum atomic E-state index is -0.337. The number of hydrogen-bond donors (Lipinski definition) is 1. The zero-order chi connectivity index (χ0) is 16.2. The van der Waals surface area contributed by atoms with Crippen LogP contribution in [0.3, 0.4) is 0 Å². The fraction of sp³-hybridized carbons (Fsp3) is 0.889. The van der Waals surface area contributed by atoms with E-state index >= 15 is 0 Å². The van der Waals surface area contributed by atoms with Gasteiger partial charge in [0.2, 0.25) is 0 Å². The molecular formula is C18H26BrNO3. The Kier molecular flexibility index (Phi) is 3.78. The van der Waals surface area contributed by atoms with Crippen LogP contribution in [0.1, 0.15) is 58.3 Å². The molecule has 0 aliphatic heterocycles. The molecule has 5 fully saturated rings. The number of nitrogens with one attached hydrogen (secondary N) is 1. The van der Waals surface area contributed by atoms with Crippen molar-refractivity contribution < 1.29 is 14.3 Å². The van der Waals surface area contributed by atoms with Gasteiger partial charge in [0.1, 0.15) is 0 Å². The Labute approximate surface area is 146 Å². The largest absolute Gasteiger partial charge is 0.455 e. The predicted octanol–water partition coefficient (Wildman–Crippen LogP) is 3.18. The van der Waals surface area contributed by atoms with E-state index < -0.39 is 0 Å². The molecule has 0 aromatic rings. The van der Waals surface area contributed by atoms with Gasteiger partial charge >= 0.3 is 5.97 Å². The highest BCUT2D eigenvalue weighted by atomic mass is 79.9. The summed E-state index contributed by atoms with van der Waals surface area (Å²) < 4.78 is 5.60. The van der Waals surface area contributed by atoms with Gasteiger partial charge in [0.25, 0.3) is 5.91 Å². The number of ether oxygens (including phenoxy) is 1. The summed E-state index contributed by atoms with van der Waals surface area (Å²) in [7, 11) is 0. The molecule has 5 saturated carbocycles. The molecule has 0 heterocycles. The average Bonchev–Trinajstić information content (AvgIpc) is 3.26. The van der Waals surface area contributed by atoms with E-state index in [2.05, 4.69) is 21.2 Å². The molecule has 4 nitrogen and oxygen atoms in total. The number of alkyl halides is 1. The molecule has 5 aliphatic rings. The number of carbonyl (C=O) groups excluding carboxylic acids is 2. The maximum absolute atomic E-state index is 12.8. The first-order valence-corrected chi connectivity index (χ1v) is 9.82. The topological polar surface area (TPSA) is 55.4 Å². The van der Waals surface area contributed by atoms with Crippen molar-refractivity contribution in [2.75, 3.05) is 6.61 Å². The molecule has 0 aromatic carbocycles. The van der Waals surface area contributed by atoms with E-state index in [1.807, 2.05) is 6.92 Å². The van der Waals surface area contributed by atoms with Gasteiger partial charge in [-0.1, -0.05) is 15.9 Å². The number of hydrogen-bond acceptors (Lipinski definition) is 3. The van der Waals surface area contributed by atoms with E-state index in [1.54, 1.807) is 0 Å². The van der Waals surface area contributed by atoms with Crippen LogP contribution in [0.2, 0.25) is 0 Å². The third kappa shape index (κ3) is 3.06. The average molecular weight is 384 g/mol. The second-order valence-corrected chi connectivity index (χ2v) is 10.3. The molecule has 0 radical (unpaired) electrons. The summed E-state index contributed by atoms with van der Waals surface area (Å²) in [5.41, 5.74) is -0.337. The summed E-state index contributed by atoms with van der Waals surface area (Å²) >= 11 is 3.91. The lowest BCUT2D eigenvalue weighted by atomic mass is 9.49. The lowest BCUT2D eigenvalue weighted by Crippen LogP contribution is -2.56. The van der Waals surface area contributed by atoms with Crippen LogP contribution in [-0.4, -0.2) is 28.8 Å². The van der Waals surface area contributed by atoms with E-state index in [0.29, 0.717) is 17.8 Å². The van der Waals surface area contributed by atoms with E-state index in [1.165, 1.54) is 32.1 Å². The molecule has 128 valence electrons. The van der Waals surface area contributed by atoms with Crippen molar-refractivity contribution in [1.82, 2.24) is 5.32 Å². The number of amides is 1. The molecule has 23 heavy (non-hydrogen) atoms. The molecule has 1 N–H and O–H groups in total. The number of halogens is 1. The summed E-state index contributed by atoms with van der Waals surface area (Å²) in [6, 6.07) is 0.201. The van der Waals surface area contributed by atoms with Crippen molar-refractivity contribution in [3.63, 3.8) is 0 Å². The normalized spacial score (nSPS) is 42.3. The smallest absolute Gasteiger partial charge is 0.312 e. The fourth-order valence-electron chi connectivity index (χ4n) is 5.68. The quantitative estimate of drug-likeness (QED) is 0.585. The Hall–Kier alpha value is -0.580. The van der Waals surface area contributed by atoms with Crippen molar-refractivity contribution in [3.05, 3.63) is 0 Å². The highest BCUT2D eigenvalue weighted by Gasteiger charge is 2.60. The van der Waals surface area contributed by atoms with E-state index in [4.69, 9.17) is 4.74 Å². The Bertz CT molecular complexity index is 516. The summed E-state index contributed by atoms with van der Waals surface area (Å²) in [5, 5.41) is 2.95. The highest BCUT2D eigenvalue weighted by Crippen LogP contribution is 2.64. The van der Waals surface area contributed by atoms with Crippen molar-refractivity contribution >= 4 is 27.8 Å². The minimum Gasteiger partial charge on any atom is -0.455 e. The summed E-state index contributed by atoms with van der Waals surface area (Å²) in [6.45, 7) is 1.91. The van der Waals surface area contributed by atoms with E-state index in [0.717, 1.165) is 19.3 Å². The van der Waals surface area contributed by atoms with Gasteiger partial charge in [-0.05, 0) is 76.0 Å². The summed E-state index contributed by atoms with van der Waals surface area (Å²) in [6.07, 6.45) is 8.83. The molecule has 3 atom stereocenters. The van der Waals surface area contributed by atoms with Crippen molar-refractivity contribution in [1.29, 1.82) is 0 Å². The fourth-order valence-corrected chi connectivity index (χ4v) is 7.14. The van der Waals surface area contributed by atoms with Gasteiger partial charge in [0.15, 0.2) is 6.61 Å². The summed E-state index contributed by atoms with van der Waals surface area (Å²) in [5.74, 6) is 1.62. The van der Waals surface area contributed by atoms with Crippen LogP contribution in [-0.2, 0) is 14.3 Å². The Balaban J connectivity index is 1.34. The lowest BCUT2D eigenvalue weighted by Gasteiger charge is -2.58. The second-order valence-electron chi connectivity index (χ2n) is 8.66. The Morgan fingerprint density at radius 1 is 1.22 bits per heavy atom. The van der Waals surface area contributed by atoms with Crippen LogP contribution in [0.4, 0.5) is 0 Å². The molecule has 5 heteroatoms. The van der Waals surface area contributed by atoms with Crippen LogP contribution < -0.4 is 5.32 Å². The number of esters is 1. The van der Waals surface area contributed by atoms with Crippen molar-refractivity contribution in [2.24, 2.45) is 23.2 Å². The third-order valence-electron chi connectivity index (χ3n) is 6.47. The van der Waals surface area contributed by atoms with Gasteiger partial charge in [0, 0.05) is 10.4 Å². The predicted molar refractivity (Wildman–Crippen MR) is 90.1 cm³/mol. The lowest BCUT2D eigenvalue weighted by molar-refractivity contribution is -0.171. The zero-order valence-corrected chi connectivity index (χ0v) is 15.4. The molecule has 0 spiro atoms. The van der Waals surface area contributed by atoms with Crippen LogP contribution in [0.15, 0.2) is 0 Å². The Morgan fingerprint density at radius 3 is 2.43 bits per heavy atom. The molecule has 0 unspecified atom stereocenters. The SMILES string of the molecule is C[C@@H](NC(=O)COC(=O)C12C[C@@H]3C[C@H](CC(Br)(C3)C1)C2)C1CC1. The van der Waals surface area contributed by atoms with Gasteiger partial charge < -0.3 is 10.1 Å². The first-order valence-electron chi connectivity index (χ1n) is 9.03. The van der Waals surface area contributed by atoms with Crippen molar-refractivity contribution in [3.8, 4) is 0 Å². The first-order chi connectivity index (χ1) is 10.9. The van der Waals surface area contributed by atoms with E-state index in [-0.39, 0.29) is 34.3 Å². The van der Waals surface area contributed by atoms with Gasteiger partial charge in [0.05, 0.1) is 5.41 Å². The van der Waals surface area contributed by atoms with Crippen LogP contribution in [0.5, 0.6) is 0 Å². The van der Waals surface area contributed by atoms with Crippen molar-refractivity contribution in [2.45, 2.75) is 68.7 Å². The highest BCUT2D eigenvalue weighted by molar-refractivity contribution is 9.10. The molecule has 0 aromatic heterocycles. The molecule has 4 bridgehead atoms. The van der Waals surface area contributed by atoms with E-state index in [9.17, 15) is 9.59 Å². The second kappa shape index (κ2) is 5.47. The summed E-state index contributed by atoms with van der Waals surface area (Å²) in [4.78, 5) is 24.7. The van der Waals surface area contributed by atoms with Crippen LogP contribution >= 0.6 is 15.9 Å². The standard InChI is InChI=1S/C18H26BrNO3/c1-11(14-2-3-14)20-15(21)9-23-16(22)17-5-12-4-13(6-17)8-18(19,7-12)10-17/h11-14H,2-10H2,1H3,(H,20,21)/t11-,12+,13+,17?,18?/m1/s1.